The molecule has 0 unspecified atom stereocenters. The van der Waals surface area contributed by atoms with Gasteiger partial charge in [-0.2, -0.15) is 5.10 Å². The van der Waals surface area contributed by atoms with Crippen molar-refractivity contribution < 1.29 is 0 Å². The van der Waals surface area contributed by atoms with E-state index in [-0.39, 0.29) is 0 Å². The number of nitrogens with two attached hydrogens (primary N) is 1. The van der Waals surface area contributed by atoms with Crippen LogP contribution in [0.15, 0.2) is 12.4 Å². The van der Waals surface area contributed by atoms with Crippen LogP contribution in [-0.2, 0) is 13.5 Å². The molecule has 1 saturated heterocycles. The summed E-state index contributed by atoms with van der Waals surface area (Å²) in [6.45, 7) is 8.07. The van der Waals surface area contributed by atoms with Crippen molar-refractivity contribution in [3.8, 4) is 0 Å². The molecular formula is C15H29N5. The monoisotopic (exact) mass is 279 g/mol. The molecule has 2 N–H and O–H groups in total. The van der Waals surface area contributed by atoms with Gasteiger partial charge in [0.25, 0.3) is 0 Å². The highest BCUT2D eigenvalue weighted by Gasteiger charge is 2.14. The van der Waals surface area contributed by atoms with E-state index in [4.69, 9.17) is 5.73 Å². The Hall–Kier alpha value is -0.910. The molecule has 0 atom stereocenters. The molecule has 2 heterocycles. The molecule has 114 valence electrons. The minimum absolute atomic E-state index is 0.824. The highest BCUT2D eigenvalue weighted by Crippen LogP contribution is 2.06. The van der Waals surface area contributed by atoms with E-state index >= 15 is 0 Å². The molecule has 2 rings (SSSR count). The van der Waals surface area contributed by atoms with E-state index in [2.05, 4.69) is 21.1 Å². The average Bonchev–Trinajstić information content (AvgIpc) is 2.72. The second kappa shape index (κ2) is 8.39. The van der Waals surface area contributed by atoms with Gasteiger partial charge in [0.1, 0.15) is 0 Å². The van der Waals surface area contributed by atoms with Gasteiger partial charge in [0.2, 0.25) is 0 Å². The van der Waals surface area contributed by atoms with Crippen LogP contribution in [-0.4, -0.2) is 65.4 Å². The predicted molar refractivity (Wildman–Crippen MR) is 82.7 cm³/mol. The van der Waals surface area contributed by atoms with Crippen molar-refractivity contribution >= 4 is 0 Å². The van der Waals surface area contributed by atoms with Gasteiger partial charge in [-0.15, -0.1) is 0 Å². The molecule has 1 aromatic rings. The Kier molecular flexibility index (Phi) is 6.50. The van der Waals surface area contributed by atoms with Crippen LogP contribution in [0.3, 0.4) is 0 Å². The maximum Gasteiger partial charge on any atom is 0.0522 e. The zero-order valence-electron chi connectivity index (χ0n) is 12.8. The molecule has 1 aliphatic rings. The molecule has 0 spiro atoms. The van der Waals surface area contributed by atoms with E-state index in [9.17, 15) is 0 Å². The number of aryl methyl sites for hydroxylation is 1. The van der Waals surface area contributed by atoms with Crippen LogP contribution in [0.2, 0.25) is 0 Å². The summed E-state index contributed by atoms with van der Waals surface area (Å²) in [5, 5.41) is 4.23. The zero-order chi connectivity index (χ0) is 14.2. The fourth-order valence-electron chi connectivity index (χ4n) is 2.84. The minimum atomic E-state index is 0.824. The SMILES string of the molecule is Cn1cc(CCN2CCCN(CCCCN)CC2)cn1. The minimum Gasteiger partial charge on any atom is -0.330 e. The first-order valence-corrected chi connectivity index (χ1v) is 7.90. The van der Waals surface area contributed by atoms with Gasteiger partial charge in [-0.3, -0.25) is 4.68 Å². The normalized spacial score (nSPS) is 18.3. The van der Waals surface area contributed by atoms with Crippen molar-refractivity contribution in [2.45, 2.75) is 25.7 Å². The van der Waals surface area contributed by atoms with Crippen LogP contribution in [0.5, 0.6) is 0 Å². The Morgan fingerprint density at radius 3 is 2.50 bits per heavy atom. The Bertz CT molecular complexity index is 376. The summed E-state index contributed by atoms with van der Waals surface area (Å²) in [7, 11) is 1.98. The van der Waals surface area contributed by atoms with Gasteiger partial charge in [0.05, 0.1) is 6.20 Å². The third-order valence-electron chi connectivity index (χ3n) is 4.08. The Morgan fingerprint density at radius 1 is 1.10 bits per heavy atom. The summed E-state index contributed by atoms with van der Waals surface area (Å²) in [6, 6.07) is 0. The average molecular weight is 279 g/mol. The lowest BCUT2D eigenvalue weighted by Gasteiger charge is -2.21. The van der Waals surface area contributed by atoms with Crippen LogP contribution in [0.25, 0.3) is 0 Å². The fraction of sp³-hybridized carbons (Fsp3) is 0.800. The molecule has 1 aliphatic heterocycles. The fourth-order valence-corrected chi connectivity index (χ4v) is 2.84. The number of nitrogens with zero attached hydrogens (tertiary/aromatic N) is 4. The standard InChI is InChI=1S/C15H29N5/c1-18-14-15(13-17-18)5-10-20-9-4-8-19(11-12-20)7-3-2-6-16/h13-14H,2-12,16H2,1H3. The lowest BCUT2D eigenvalue weighted by molar-refractivity contribution is 0.255. The molecule has 1 aromatic heterocycles. The highest BCUT2D eigenvalue weighted by molar-refractivity contribution is 5.04. The molecule has 0 aliphatic carbocycles. The quantitative estimate of drug-likeness (QED) is 0.747. The molecule has 0 saturated carbocycles. The molecule has 5 heteroatoms. The maximum atomic E-state index is 5.56. The van der Waals surface area contributed by atoms with Gasteiger partial charge in [-0.05, 0) is 57.4 Å². The maximum absolute atomic E-state index is 5.56. The molecule has 0 aromatic carbocycles. The van der Waals surface area contributed by atoms with Crippen molar-refractivity contribution in [1.29, 1.82) is 0 Å². The van der Waals surface area contributed by atoms with Gasteiger partial charge < -0.3 is 15.5 Å². The largest absolute Gasteiger partial charge is 0.330 e. The van der Waals surface area contributed by atoms with Crippen molar-refractivity contribution in [3.05, 3.63) is 18.0 Å². The topological polar surface area (TPSA) is 50.3 Å². The molecule has 0 amide bonds. The predicted octanol–water partition coefficient (Wildman–Crippen LogP) is 0.709. The van der Waals surface area contributed by atoms with E-state index < -0.39 is 0 Å². The second-order valence-corrected chi connectivity index (χ2v) is 5.80. The number of unbranched alkanes of at least 4 members (excludes halogenated alkanes) is 1. The van der Waals surface area contributed by atoms with Crippen LogP contribution < -0.4 is 5.73 Å². The molecule has 20 heavy (non-hydrogen) atoms. The van der Waals surface area contributed by atoms with Crippen molar-refractivity contribution in [2.24, 2.45) is 12.8 Å². The summed E-state index contributed by atoms with van der Waals surface area (Å²) in [5.74, 6) is 0. The van der Waals surface area contributed by atoms with E-state index in [0.29, 0.717) is 0 Å². The van der Waals surface area contributed by atoms with Gasteiger partial charge in [-0.25, -0.2) is 0 Å². The van der Waals surface area contributed by atoms with E-state index in [1.54, 1.807) is 0 Å². The first kappa shape index (κ1) is 15.5. The third-order valence-corrected chi connectivity index (χ3v) is 4.08. The molecule has 5 nitrogen and oxygen atoms in total. The van der Waals surface area contributed by atoms with Crippen molar-refractivity contribution in [1.82, 2.24) is 19.6 Å². The summed E-state index contributed by atoms with van der Waals surface area (Å²) < 4.78 is 1.89. The zero-order valence-corrected chi connectivity index (χ0v) is 12.8. The number of aromatic nitrogens is 2. The molecule has 0 radical (unpaired) electrons. The van der Waals surface area contributed by atoms with E-state index in [0.717, 1.165) is 25.9 Å². The lowest BCUT2D eigenvalue weighted by Crippen LogP contribution is -2.32. The van der Waals surface area contributed by atoms with E-state index in [1.807, 2.05) is 17.9 Å². The second-order valence-electron chi connectivity index (χ2n) is 5.80. The Labute approximate surface area is 122 Å². The highest BCUT2D eigenvalue weighted by atomic mass is 15.2. The van der Waals surface area contributed by atoms with Crippen molar-refractivity contribution in [3.63, 3.8) is 0 Å². The number of rotatable bonds is 7. The van der Waals surface area contributed by atoms with Crippen LogP contribution >= 0.6 is 0 Å². The summed E-state index contributed by atoms with van der Waals surface area (Å²) in [5.41, 5.74) is 6.90. The van der Waals surface area contributed by atoms with Crippen LogP contribution in [0, 0.1) is 0 Å². The van der Waals surface area contributed by atoms with Crippen molar-refractivity contribution in [2.75, 3.05) is 45.8 Å². The van der Waals surface area contributed by atoms with Crippen LogP contribution in [0.4, 0.5) is 0 Å². The Balaban J connectivity index is 1.67. The number of hydrogen-bond acceptors (Lipinski definition) is 4. The lowest BCUT2D eigenvalue weighted by atomic mass is 10.2. The Morgan fingerprint density at radius 2 is 1.85 bits per heavy atom. The summed E-state index contributed by atoms with van der Waals surface area (Å²) in [4.78, 5) is 5.19. The third kappa shape index (κ3) is 5.23. The summed E-state index contributed by atoms with van der Waals surface area (Å²) in [6.07, 6.45) is 8.90. The first-order chi connectivity index (χ1) is 9.78. The first-order valence-electron chi connectivity index (χ1n) is 7.90. The molecular weight excluding hydrogens is 250 g/mol. The molecule has 1 fully saturated rings. The van der Waals surface area contributed by atoms with E-state index in [1.165, 1.54) is 51.1 Å². The number of hydrogen-bond donors (Lipinski definition) is 1. The smallest absolute Gasteiger partial charge is 0.0522 e. The van der Waals surface area contributed by atoms with Gasteiger partial charge in [-0.1, -0.05) is 0 Å². The molecule has 0 bridgehead atoms. The van der Waals surface area contributed by atoms with Gasteiger partial charge in [0, 0.05) is 32.9 Å². The van der Waals surface area contributed by atoms with Gasteiger partial charge in [0.15, 0.2) is 0 Å². The van der Waals surface area contributed by atoms with Crippen LogP contribution in [0.1, 0.15) is 24.8 Å². The summed E-state index contributed by atoms with van der Waals surface area (Å²) >= 11 is 0. The van der Waals surface area contributed by atoms with Gasteiger partial charge >= 0.3 is 0 Å².